The van der Waals surface area contributed by atoms with Gasteiger partial charge in [-0.1, -0.05) is 6.92 Å². The van der Waals surface area contributed by atoms with Gasteiger partial charge in [0.25, 0.3) is 0 Å². The Morgan fingerprint density at radius 2 is 2.50 bits per heavy atom. The zero-order valence-corrected chi connectivity index (χ0v) is 10.2. The molecule has 1 fully saturated rings. The standard InChI is InChI=1S/C12H21N3O/c1-3-6-13-12-14-10(2)8-15(12)9-11-5-4-7-16-11/h8,11H,3-7,9H2,1-2H3,(H,13,14). The highest BCUT2D eigenvalue weighted by Gasteiger charge is 2.17. The highest BCUT2D eigenvalue weighted by atomic mass is 16.5. The van der Waals surface area contributed by atoms with E-state index < -0.39 is 0 Å². The molecule has 2 rings (SSSR count). The van der Waals surface area contributed by atoms with E-state index in [1.807, 2.05) is 6.92 Å². The van der Waals surface area contributed by atoms with Crippen LogP contribution in [0.5, 0.6) is 0 Å². The number of ether oxygens (including phenoxy) is 1. The van der Waals surface area contributed by atoms with Crippen LogP contribution in [0.4, 0.5) is 5.95 Å². The third-order valence-corrected chi connectivity index (χ3v) is 2.85. The Balaban J connectivity index is 2.00. The molecular formula is C12H21N3O. The van der Waals surface area contributed by atoms with Crippen LogP contribution in [0.1, 0.15) is 31.9 Å². The summed E-state index contributed by atoms with van der Waals surface area (Å²) in [6, 6.07) is 0. The molecule has 1 aliphatic heterocycles. The molecule has 1 aromatic heterocycles. The summed E-state index contributed by atoms with van der Waals surface area (Å²) in [5.41, 5.74) is 1.07. The van der Waals surface area contributed by atoms with E-state index >= 15 is 0 Å². The molecule has 1 aliphatic rings. The molecule has 1 atom stereocenters. The fourth-order valence-corrected chi connectivity index (χ4v) is 2.07. The number of nitrogens with zero attached hydrogens (tertiary/aromatic N) is 2. The van der Waals surface area contributed by atoms with Gasteiger partial charge in [-0.15, -0.1) is 0 Å². The predicted octanol–water partition coefficient (Wildman–Crippen LogP) is 2.19. The fourth-order valence-electron chi connectivity index (χ4n) is 2.07. The molecule has 90 valence electrons. The van der Waals surface area contributed by atoms with Gasteiger partial charge >= 0.3 is 0 Å². The summed E-state index contributed by atoms with van der Waals surface area (Å²) < 4.78 is 7.83. The monoisotopic (exact) mass is 223 g/mol. The number of anilines is 1. The minimum absolute atomic E-state index is 0.371. The first kappa shape index (κ1) is 11.5. The van der Waals surface area contributed by atoms with Crippen molar-refractivity contribution in [2.75, 3.05) is 18.5 Å². The first-order valence-electron chi connectivity index (χ1n) is 6.19. The van der Waals surface area contributed by atoms with Crippen molar-refractivity contribution >= 4 is 5.95 Å². The third kappa shape index (κ3) is 2.76. The molecule has 1 saturated heterocycles. The SMILES string of the molecule is CCCNc1nc(C)cn1CC1CCCO1. The molecule has 4 heteroatoms. The van der Waals surface area contributed by atoms with Gasteiger partial charge in [0.1, 0.15) is 0 Å². The Bertz CT molecular complexity index is 329. The van der Waals surface area contributed by atoms with Gasteiger partial charge in [0.15, 0.2) is 0 Å². The third-order valence-electron chi connectivity index (χ3n) is 2.85. The fraction of sp³-hybridized carbons (Fsp3) is 0.750. The quantitative estimate of drug-likeness (QED) is 0.831. The second-order valence-electron chi connectivity index (χ2n) is 4.42. The molecular weight excluding hydrogens is 202 g/mol. The van der Waals surface area contributed by atoms with Crippen molar-refractivity contribution in [3.05, 3.63) is 11.9 Å². The molecule has 16 heavy (non-hydrogen) atoms. The van der Waals surface area contributed by atoms with Crippen LogP contribution in [-0.4, -0.2) is 28.8 Å². The van der Waals surface area contributed by atoms with Crippen molar-refractivity contribution in [3.63, 3.8) is 0 Å². The lowest BCUT2D eigenvalue weighted by atomic mass is 10.2. The zero-order chi connectivity index (χ0) is 11.4. The van der Waals surface area contributed by atoms with Crippen molar-refractivity contribution in [1.29, 1.82) is 0 Å². The number of aromatic nitrogens is 2. The molecule has 0 aliphatic carbocycles. The summed E-state index contributed by atoms with van der Waals surface area (Å²) in [5.74, 6) is 0.981. The Kier molecular flexibility index (Phi) is 3.83. The predicted molar refractivity (Wildman–Crippen MR) is 64.7 cm³/mol. The van der Waals surface area contributed by atoms with Crippen molar-refractivity contribution < 1.29 is 4.74 Å². The highest BCUT2D eigenvalue weighted by molar-refractivity contribution is 5.28. The number of imidazole rings is 1. The van der Waals surface area contributed by atoms with Crippen molar-refractivity contribution in [2.24, 2.45) is 0 Å². The minimum atomic E-state index is 0.371. The van der Waals surface area contributed by atoms with Crippen LogP contribution in [0.2, 0.25) is 0 Å². The average Bonchev–Trinajstić information content (AvgIpc) is 2.86. The van der Waals surface area contributed by atoms with Crippen LogP contribution >= 0.6 is 0 Å². The molecule has 1 aromatic rings. The molecule has 2 heterocycles. The second-order valence-corrected chi connectivity index (χ2v) is 4.42. The summed E-state index contributed by atoms with van der Waals surface area (Å²) in [7, 11) is 0. The Morgan fingerprint density at radius 3 is 3.19 bits per heavy atom. The largest absolute Gasteiger partial charge is 0.376 e. The normalized spacial score (nSPS) is 20.2. The lowest BCUT2D eigenvalue weighted by Gasteiger charge is -2.13. The van der Waals surface area contributed by atoms with Gasteiger partial charge in [-0.3, -0.25) is 0 Å². The number of aryl methyl sites for hydroxylation is 1. The van der Waals surface area contributed by atoms with Gasteiger partial charge in [0.2, 0.25) is 5.95 Å². The molecule has 0 radical (unpaired) electrons. The molecule has 0 saturated carbocycles. The van der Waals surface area contributed by atoms with Gasteiger partial charge in [0, 0.05) is 19.3 Å². The molecule has 1 N–H and O–H groups in total. The van der Waals surface area contributed by atoms with E-state index in [9.17, 15) is 0 Å². The van der Waals surface area contributed by atoms with Crippen LogP contribution in [0, 0.1) is 6.92 Å². The van der Waals surface area contributed by atoms with Gasteiger partial charge < -0.3 is 14.6 Å². The maximum atomic E-state index is 5.65. The van der Waals surface area contributed by atoms with Crippen LogP contribution in [-0.2, 0) is 11.3 Å². The van der Waals surface area contributed by atoms with E-state index in [2.05, 4.69) is 28.0 Å². The lowest BCUT2D eigenvalue weighted by Crippen LogP contribution is -2.17. The Hall–Kier alpha value is -1.03. The average molecular weight is 223 g/mol. The van der Waals surface area contributed by atoms with E-state index in [4.69, 9.17) is 4.74 Å². The maximum absolute atomic E-state index is 5.65. The molecule has 0 aromatic carbocycles. The van der Waals surface area contributed by atoms with Crippen molar-refractivity contribution in [3.8, 4) is 0 Å². The zero-order valence-electron chi connectivity index (χ0n) is 10.2. The second kappa shape index (κ2) is 5.34. The number of nitrogens with one attached hydrogen (secondary N) is 1. The number of rotatable bonds is 5. The highest BCUT2D eigenvalue weighted by Crippen LogP contribution is 2.17. The van der Waals surface area contributed by atoms with E-state index in [-0.39, 0.29) is 0 Å². The van der Waals surface area contributed by atoms with Crippen LogP contribution in [0.15, 0.2) is 6.20 Å². The van der Waals surface area contributed by atoms with Crippen LogP contribution < -0.4 is 5.32 Å². The van der Waals surface area contributed by atoms with E-state index in [0.29, 0.717) is 6.10 Å². The maximum Gasteiger partial charge on any atom is 0.203 e. The number of hydrogen-bond acceptors (Lipinski definition) is 3. The molecule has 0 spiro atoms. The topological polar surface area (TPSA) is 39.1 Å². The van der Waals surface area contributed by atoms with E-state index in [1.165, 1.54) is 12.8 Å². The van der Waals surface area contributed by atoms with E-state index in [1.54, 1.807) is 0 Å². The molecule has 4 nitrogen and oxygen atoms in total. The summed E-state index contributed by atoms with van der Waals surface area (Å²) >= 11 is 0. The first-order valence-corrected chi connectivity index (χ1v) is 6.19. The minimum Gasteiger partial charge on any atom is -0.376 e. The first-order chi connectivity index (χ1) is 7.79. The van der Waals surface area contributed by atoms with Crippen molar-refractivity contribution in [1.82, 2.24) is 9.55 Å². The summed E-state index contributed by atoms with van der Waals surface area (Å²) in [4.78, 5) is 4.49. The summed E-state index contributed by atoms with van der Waals surface area (Å²) in [6.07, 6.45) is 5.95. The van der Waals surface area contributed by atoms with Crippen LogP contribution in [0.3, 0.4) is 0 Å². The van der Waals surface area contributed by atoms with Crippen molar-refractivity contribution in [2.45, 2.75) is 45.8 Å². The smallest absolute Gasteiger partial charge is 0.203 e. The van der Waals surface area contributed by atoms with Gasteiger partial charge in [-0.05, 0) is 26.2 Å². The van der Waals surface area contributed by atoms with Gasteiger partial charge in [-0.25, -0.2) is 4.98 Å². The van der Waals surface area contributed by atoms with Gasteiger partial charge in [-0.2, -0.15) is 0 Å². The molecule has 0 bridgehead atoms. The Morgan fingerprint density at radius 1 is 1.62 bits per heavy atom. The summed E-state index contributed by atoms with van der Waals surface area (Å²) in [5, 5.41) is 3.35. The number of hydrogen-bond donors (Lipinski definition) is 1. The lowest BCUT2D eigenvalue weighted by molar-refractivity contribution is 0.0974. The summed E-state index contributed by atoms with van der Waals surface area (Å²) in [6.45, 7) is 7.00. The molecule has 0 amide bonds. The Labute approximate surface area is 97.0 Å². The van der Waals surface area contributed by atoms with E-state index in [0.717, 1.165) is 37.8 Å². The van der Waals surface area contributed by atoms with Gasteiger partial charge in [0.05, 0.1) is 18.3 Å². The molecule has 1 unspecified atom stereocenters. The van der Waals surface area contributed by atoms with Crippen LogP contribution in [0.25, 0.3) is 0 Å².